The van der Waals surface area contributed by atoms with E-state index in [9.17, 15) is 22.4 Å². The molecule has 0 spiro atoms. The Morgan fingerprint density at radius 1 is 1.06 bits per heavy atom. The highest BCUT2D eigenvalue weighted by Crippen LogP contribution is 2.38. The van der Waals surface area contributed by atoms with Crippen LogP contribution in [0.1, 0.15) is 51.9 Å². The number of H-pyrrole nitrogens is 2. The molecule has 0 aliphatic carbocycles. The number of benzene rings is 3. The maximum Gasteiger partial charge on any atom is 0.416 e. The number of hydrogen-bond acceptors (Lipinski definition) is 6. The van der Waals surface area contributed by atoms with E-state index >= 15 is 0 Å². The van der Waals surface area contributed by atoms with E-state index in [1.54, 1.807) is 0 Å². The van der Waals surface area contributed by atoms with Crippen LogP contribution in [0.5, 0.6) is 5.75 Å². The van der Waals surface area contributed by atoms with Gasteiger partial charge in [-0.3, -0.25) is 4.79 Å². The van der Waals surface area contributed by atoms with Crippen LogP contribution in [0.2, 0.25) is 0 Å². The molecule has 0 unspecified atom stereocenters. The number of halogens is 4. The van der Waals surface area contributed by atoms with Gasteiger partial charge in [-0.1, -0.05) is 30.2 Å². The summed E-state index contributed by atoms with van der Waals surface area (Å²) < 4.78 is 61.5. The minimum atomic E-state index is -4.77. The molecule has 13 heteroatoms. The molecule has 1 aliphatic rings. The predicted molar refractivity (Wildman–Crippen MR) is 176 cm³/mol. The molecule has 0 saturated carbocycles. The molecule has 6 rings (SSSR count). The van der Waals surface area contributed by atoms with Gasteiger partial charge in [-0.05, 0) is 90.2 Å². The first-order valence-electron chi connectivity index (χ1n) is 16.1. The average molecular weight is 676 g/mol. The molecule has 1 atom stereocenters. The van der Waals surface area contributed by atoms with Crippen LogP contribution >= 0.6 is 0 Å². The number of nitrogens with one attached hydrogen (secondary N) is 3. The zero-order chi connectivity index (χ0) is 34.7. The number of carbonyl (C=O) groups excluding carboxylic acids is 1. The second-order valence-corrected chi connectivity index (χ2v) is 12.5. The first kappa shape index (κ1) is 33.8. The summed E-state index contributed by atoms with van der Waals surface area (Å²) in [6, 6.07) is 16.5. The molecule has 1 amide bonds. The number of nitrogens with zero attached hydrogens (tertiary/aromatic N) is 4. The Morgan fingerprint density at radius 2 is 1.82 bits per heavy atom. The van der Waals surface area contributed by atoms with Crippen LogP contribution in [0.15, 0.2) is 60.7 Å². The normalized spacial score (nSPS) is 13.7. The van der Waals surface area contributed by atoms with Crippen LogP contribution in [0.4, 0.5) is 17.6 Å². The summed E-state index contributed by atoms with van der Waals surface area (Å²) >= 11 is 0. The fourth-order valence-electron chi connectivity index (χ4n) is 6.53. The predicted octanol–water partition coefficient (Wildman–Crippen LogP) is 6.54. The second kappa shape index (κ2) is 14.2. The van der Waals surface area contributed by atoms with Gasteiger partial charge in [-0.15, -0.1) is 10.2 Å². The average Bonchev–Trinajstić information content (AvgIpc) is 3.73. The lowest BCUT2D eigenvalue weighted by Crippen LogP contribution is -2.37. The van der Waals surface area contributed by atoms with Crippen molar-refractivity contribution in [1.82, 2.24) is 35.8 Å². The number of aromatic amines is 2. The molecule has 5 aromatic rings. The maximum atomic E-state index is 14.6. The molecule has 3 aromatic carbocycles. The monoisotopic (exact) mass is 675 g/mol. The second-order valence-electron chi connectivity index (χ2n) is 12.5. The Hall–Kier alpha value is -5.04. The fourth-order valence-corrected chi connectivity index (χ4v) is 6.53. The van der Waals surface area contributed by atoms with E-state index in [0.717, 1.165) is 63.0 Å². The first-order valence-corrected chi connectivity index (χ1v) is 16.1. The number of fused-ring (bicyclic) bond motifs is 1. The zero-order valence-corrected chi connectivity index (χ0v) is 27.4. The lowest BCUT2D eigenvalue weighted by atomic mass is 9.90. The highest BCUT2D eigenvalue weighted by molar-refractivity contribution is 5.80. The highest BCUT2D eigenvalue weighted by Gasteiger charge is 2.36. The number of rotatable bonds is 11. The van der Waals surface area contributed by atoms with E-state index in [4.69, 9.17) is 4.74 Å². The number of tetrazole rings is 1. The van der Waals surface area contributed by atoms with Crippen molar-refractivity contribution < 1.29 is 27.1 Å². The maximum absolute atomic E-state index is 14.6. The molecule has 2 aromatic heterocycles. The summed E-state index contributed by atoms with van der Waals surface area (Å²) in [5.74, 6) is -0.369. The van der Waals surface area contributed by atoms with Crippen molar-refractivity contribution in [3.05, 3.63) is 106 Å². The summed E-state index contributed by atoms with van der Waals surface area (Å²) in [5.41, 5.74) is 6.28. The number of carbonyl (C=O) groups is 1. The van der Waals surface area contributed by atoms with Gasteiger partial charge in [0.1, 0.15) is 18.2 Å². The summed E-state index contributed by atoms with van der Waals surface area (Å²) in [6.07, 6.45) is -4.94. The van der Waals surface area contributed by atoms with Crippen LogP contribution in [0, 0.1) is 19.7 Å². The van der Waals surface area contributed by atoms with E-state index in [1.807, 2.05) is 38.1 Å². The number of alkyl halides is 3. The Labute approximate surface area is 281 Å². The quantitative estimate of drug-likeness (QED) is 0.108. The third kappa shape index (κ3) is 7.67. The van der Waals surface area contributed by atoms with Gasteiger partial charge in [0.15, 0.2) is 0 Å². The molecule has 0 radical (unpaired) electrons. The van der Waals surface area contributed by atoms with Crippen LogP contribution in [0.3, 0.4) is 0 Å². The Balaban J connectivity index is 1.17. The Kier molecular flexibility index (Phi) is 9.81. The number of ether oxygens (including phenoxy) is 1. The lowest BCUT2D eigenvalue weighted by molar-refractivity contribution is -0.139. The molecule has 256 valence electrons. The van der Waals surface area contributed by atoms with Gasteiger partial charge in [0.25, 0.3) is 0 Å². The summed E-state index contributed by atoms with van der Waals surface area (Å²) in [6.45, 7) is 8.35. The van der Waals surface area contributed by atoms with Crippen LogP contribution < -0.4 is 10.1 Å². The zero-order valence-electron chi connectivity index (χ0n) is 27.4. The largest absolute Gasteiger partial charge is 0.492 e. The van der Waals surface area contributed by atoms with Crippen molar-refractivity contribution in [3.63, 3.8) is 0 Å². The number of amides is 1. The van der Waals surface area contributed by atoms with Crippen molar-refractivity contribution >= 4 is 5.91 Å². The van der Waals surface area contributed by atoms with Crippen molar-refractivity contribution in [2.45, 2.75) is 52.3 Å². The van der Waals surface area contributed by atoms with Gasteiger partial charge in [0.2, 0.25) is 11.7 Å². The lowest BCUT2D eigenvalue weighted by Gasteiger charge is -2.29. The summed E-state index contributed by atoms with van der Waals surface area (Å²) in [5, 5.41) is 17.4. The van der Waals surface area contributed by atoms with E-state index in [2.05, 4.69) is 56.0 Å². The van der Waals surface area contributed by atoms with E-state index in [-0.39, 0.29) is 12.5 Å². The van der Waals surface area contributed by atoms with E-state index in [1.165, 1.54) is 4.90 Å². The van der Waals surface area contributed by atoms with Crippen LogP contribution in [0.25, 0.3) is 22.6 Å². The van der Waals surface area contributed by atoms with Crippen molar-refractivity contribution in [2.75, 3.05) is 26.2 Å². The van der Waals surface area contributed by atoms with Gasteiger partial charge in [-0.25, -0.2) is 4.39 Å². The van der Waals surface area contributed by atoms with Gasteiger partial charge >= 0.3 is 6.18 Å². The van der Waals surface area contributed by atoms with E-state index in [0.29, 0.717) is 44.2 Å². The molecular weight excluding hydrogens is 638 g/mol. The smallest absolute Gasteiger partial charge is 0.416 e. The summed E-state index contributed by atoms with van der Waals surface area (Å²) in [7, 11) is 0. The Morgan fingerprint density at radius 3 is 2.51 bits per heavy atom. The number of hydrogen-bond donors (Lipinski definition) is 3. The molecule has 49 heavy (non-hydrogen) atoms. The van der Waals surface area contributed by atoms with Crippen LogP contribution in [-0.4, -0.2) is 62.7 Å². The SMILES string of the molecule is Cc1cc(C)cc(-c2[nH]c3c(c2[C@H](C)CNCCOc2ccc(-c4nn[nH]n4)cc2)CN(C(=O)Cc2c(F)cccc2C(F)(F)F)CC3)c1. The first-order chi connectivity index (χ1) is 23.5. The molecule has 0 fully saturated rings. The minimum absolute atomic E-state index is 0.00325. The van der Waals surface area contributed by atoms with Gasteiger partial charge in [-0.2, -0.15) is 18.4 Å². The molecule has 0 saturated heterocycles. The van der Waals surface area contributed by atoms with Crippen LogP contribution in [-0.2, 0) is 30.4 Å². The number of aromatic nitrogens is 5. The molecule has 0 bridgehead atoms. The van der Waals surface area contributed by atoms with Gasteiger partial charge in [0.05, 0.1) is 12.0 Å². The van der Waals surface area contributed by atoms with Crippen molar-refractivity contribution in [2.24, 2.45) is 0 Å². The molecule has 3 heterocycles. The minimum Gasteiger partial charge on any atom is -0.492 e. The van der Waals surface area contributed by atoms with Gasteiger partial charge < -0.3 is 19.9 Å². The van der Waals surface area contributed by atoms with Gasteiger partial charge in [0, 0.05) is 55.1 Å². The molecule has 3 N–H and O–H groups in total. The topological polar surface area (TPSA) is 112 Å². The van der Waals surface area contributed by atoms with Crippen molar-refractivity contribution in [1.29, 1.82) is 0 Å². The molecule has 9 nitrogen and oxygen atoms in total. The van der Waals surface area contributed by atoms with Crippen molar-refractivity contribution in [3.8, 4) is 28.4 Å². The Bertz CT molecular complexity index is 1900. The van der Waals surface area contributed by atoms with E-state index < -0.39 is 35.4 Å². The standard InChI is InChI=1S/C36H37F4N7O2/c1-21-15-22(2)17-25(16-21)34-33(23(3)19-41-12-14-49-26-9-7-24(8-10-26)35-43-45-46-44-35)28-20-47(13-11-31(28)42-34)32(48)18-27-29(36(38,39)40)5-4-6-30(27)37/h4-10,15-17,23,41-42H,11-14,18-20H2,1-3H3,(H,43,44,45,46)/t23-/m1/s1. The highest BCUT2D eigenvalue weighted by atomic mass is 19.4. The fraction of sp³-hybridized carbons (Fsp3) is 0.333. The third-order valence-electron chi connectivity index (χ3n) is 8.78. The molecule has 1 aliphatic heterocycles. The third-order valence-corrected chi connectivity index (χ3v) is 8.78. The molecular formula is C36H37F4N7O2. The summed E-state index contributed by atoms with van der Waals surface area (Å²) in [4.78, 5) is 18.6. The number of aryl methyl sites for hydroxylation is 2.